The monoisotopic (exact) mass is 570 g/mol. The van der Waals surface area contributed by atoms with Gasteiger partial charge in [-0.2, -0.15) is 18.3 Å². The highest BCUT2D eigenvalue weighted by Crippen LogP contribution is 2.35. The maximum Gasteiger partial charge on any atom is 0.416 e. The maximum absolute atomic E-state index is 13.6. The number of pyridine rings is 1. The fourth-order valence-electron chi connectivity index (χ4n) is 5.35. The first kappa shape index (κ1) is 26.7. The molecule has 3 aromatic heterocycles. The zero-order valence-electron chi connectivity index (χ0n) is 21.8. The SMILES string of the molecule is O=C(Nc1cc(OCCN2CCCC2)cc(C(F)(F)F)c1)c1csc2c1CCN(Cc1cnc3[nH]ncc3c1)C2. The van der Waals surface area contributed by atoms with E-state index >= 15 is 0 Å². The number of H-pyrrole nitrogens is 1. The number of hydrogen-bond acceptors (Lipinski definition) is 7. The lowest BCUT2D eigenvalue weighted by Crippen LogP contribution is -2.30. The number of likely N-dealkylation sites (tertiary alicyclic amines) is 1. The Balaban J connectivity index is 1.12. The van der Waals surface area contributed by atoms with E-state index in [0.717, 1.165) is 78.2 Å². The van der Waals surface area contributed by atoms with Gasteiger partial charge in [0.1, 0.15) is 12.4 Å². The summed E-state index contributed by atoms with van der Waals surface area (Å²) < 4.78 is 46.5. The summed E-state index contributed by atoms with van der Waals surface area (Å²) in [5, 5.41) is 12.3. The Morgan fingerprint density at radius 1 is 1.10 bits per heavy atom. The largest absolute Gasteiger partial charge is 0.492 e. The van der Waals surface area contributed by atoms with E-state index in [4.69, 9.17) is 4.74 Å². The quantitative estimate of drug-likeness (QED) is 0.298. The molecule has 8 nitrogen and oxygen atoms in total. The number of benzene rings is 1. The summed E-state index contributed by atoms with van der Waals surface area (Å²) in [6.45, 7) is 5.07. The van der Waals surface area contributed by atoms with Crippen LogP contribution in [0.25, 0.3) is 11.0 Å². The number of halogens is 3. The number of nitrogens with one attached hydrogen (secondary N) is 2. The summed E-state index contributed by atoms with van der Waals surface area (Å²) in [7, 11) is 0. The van der Waals surface area contributed by atoms with E-state index < -0.39 is 17.6 Å². The number of thiophene rings is 1. The minimum atomic E-state index is -4.56. The Morgan fingerprint density at radius 2 is 1.95 bits per heavy atom. The van der Waals surface area contributed by atoms with Crippen molar-refractivity contribution in [1.82, 2.24) is 25.0 Å². The van der Waals surface area contributed by atoms with Gasteiger partial charge in [0.2, 0.25) is 0 Å². The van der Waals surface area contributed by atoms with Crippen LogP contribution in [-0.2, 0) is 25.7 Å². The third-order valence-corrected chi connectivity index (χ3v) is 8.40. The highest BCUT2D eigenvalue weighted by molar-refractivity contribution is 7.10. The Labute approximate surface area is 233 Å². The molecule has 4 aromatic rings. The van der Waals surface area contributed by atoms with Crippen LogP contribution in [0.5, 0.6) is 5.75 Å². The van der Waals surface area contributed by atoms with Crippen LogP contribution in [0, 0.1) is 0 Å². The molecule has 0 spiro atoms. The maximum atomic E-state index is 13.6. The number of anilines is 1. The number of amides is 1. The Morgan fingerprint density at radius 3 is 2.77 bits per heavy atom. The highest BCUT2D eigenvalue weighted by atomic mass is 32.1. The zero-order chi connectivity index (χ0) is 27.7. The number of aromatic amines is 1. The molecular weight excluding hydrogens is 541 g/mol. The molecule has 12 heteroatoms. The van der Waals surface area contributed by atoms with Gasteiger partial charge in [0.25, 0.3) is 5.91 Å². The average Bonchev–Trinajstić information content (AvgIpc) is 3.69. The van der Waals surface area contributed by atoms with Gasteiger partial charge >= 0.3 is 6.18 Å². The topological polar surface area (TPSA) is 86.4 Å². The first-order valence-electron chi connectivity index (χ1n) is 13.3. The van der Waals surface area contributed by atoms with Crippen LogP contribution in [0.2, 0.25) is 0 Å². The molecule has 0 bridgehead atoms. The van der Waals surface area contributed by atoms with Crippen LogP contribution in [0.15, 0.2) is 42.0 Å². The molecule has 210 valence electrons. The second-order valence-corrected chi connectivity index (χ2v) is 11.2. The Bertz CT molecular complexity index is 1510. The molecule has 1 amide bonds. The van der Waals surface area contributed by atoms with Crippen molar-refractivity contribution in [3.8, 4) is 5.75 Å². The van der Waals surface area contributed by atoms with Crippen LogP contribution in [-0.4, -0.2) is 63.7 Å². The number of carbonyl (C=O) groups is 1. The number of ether oxygens (including phenoxy) is 1. The van der Waals surface area contributed by atoms with Gasteiger partial charge in [-0.05, 0) is 61.7 Å². The van der Waals surface area contributed by atoms with E-state index in [1.807, 2.05) is 6.20 Å². The summed E-state index contributed by atoms with van der Waals surface area (Å²) in [5.74, 6) is -0.321. The zero-order valence-corrected chi connectivity index (χ0v) is 22.6. The van der Waals surface area contributed by atoms with E-state index in [1.165, 1.54) is 17.4 Å². The average molecular weight is 571 g/mol. The molecule has 0 saturated carbocycles. The molecule has 6 rings (SSSR count). The van der Waals surface area contributed by atoms with E-state index in [1.54, 1.807) is 11.6 Å². The smallest absolute Gasteiger partial charge is 0.416 e. The Hall–Kier alpha value is -3.48. The summed E-state index contributed by atoms with van der Waals surface area (Å²) in [6, 6.07) is 5.47. The minimum Gasteiger partial charge on any atom is -0.492 e. The number of rotatable bonds is 8. The number of nitrogens with zero attached hydrogens (tertiary/aromatic N) is 4. The van der Waals surface area contributed by atoms with Gasteiger partial charge < -0.3 is 10.1 Å². The van der Waals surface area contributed by atoms with Crippen LogP contribution >= 0.6 is 11.3 Å². The van der Waals surface area contributed by atoms with Gasteiger partial charge in [-0.25, -0.2) is 4.98 Å². The number of fused-ring (bicyclic) bond motifs is 2. The second-order valence-electron chi connectivity index (χ2n) is 10.3. The number of carbonyl (C=O) groups excluding carboxylic acids is 1. The molecule has 1 aromatic carbocycles. The molecule has 1 saturated heterocycles. The first-order valence-corrected chi connectivity index (χ1v) is 14.2. The first-order chi connectivity index (χ1) is 19.3. The van der Waals surface area contributed by atoms with E-state index in [-0.39, 0.29) is 18.0 Å². The molecule has 0 unspecified atom stereocenters. The normalized spacial score (nSPS) is 16.4. The van der Waals surface area contributed by atoms with Gasteiger partial charge in [0.05, 0.1) is 17.3 Å². The van der Waals surface area contributed by atoms with Crippen molar-refractivity contribution in [3.63, 3.8) is 0 Å². The third-order valence-electron chi connectivity index (χ3n) is 7.39. The highest BCUT2D eigenvalue weighted by Gasteiger charge is 2.32. The van der Waals surface area contributed by atoms with Crippen molar-refractivity contribution < 1.29 is 22.7 Å². The molecule has 0 aliphatic carbocycles. The Kier molecular flexibility index (Phi) is 7.47. The molecule has 0 radical (unpaired) electrons. The number of hydrogen-bond donors (Lipinski definition) is 2. The van der Waals surface area contributed by atoms with Crippen LogP contribution in [0.4, 0.5) is 18.9 Å². The number of alkyl halides is 3. The summed E-state index contributed by atoms with van der Waals surface area (Å²) in [4.78, 5) is 23.2. The van der Waals surface area contributed by atoms with Crippen LogP contribution in [0.3, 0.4) is 0 Å². The van der Waals surface area contributed by atoms with Gasteiger partial charge in [-0.3, -0.25) is 19.7 Å². The van der Waals surface area contributed by atoms with Crippen LogP contribution in [0.1, 0.15) is 44.8 Å². The van der Waals surface area contributed by atoms with Gasteiger partial charge in [-0.15, -0.1) is 11.3 Å². The van der Waals surface area contributed by atoms with Crippen molar-refractivity contribution in [1.29, 1.82) is 0 Å². The molecule has 2 aliphatic rings. The van der Waals surface area contributed by atoms with Crippen LogP contribution < -0.4 is 10.1 Å². The minimum absolute atomic E-state index is 0.0653. The standard InChI is InChI=1S/C28H29F3N6O2S/c29-28(30,31)20-10-21(12-22(11-20)39-8-7-36-4-1-2-5-36)34-27(38)24-17-40-25-16-37(6-3-23(24)25)15-18-9-19-14-33-35-26(19)32-13-18/h9-14,17H,1-8,15-16H2,(H,34,38)(H,32,33,35). The molecular formula is C28H29F3N6O2S. The van der Waals surface area contributed by atoms with Gasteiger partial charge in [0.15, 0.2) is 5.65 Å². The molecule has 40 heavy (non-hydrogen) atoms. The lowest BCUT2D eigenvalue weighted by Gasteiger charge is -2.27. The number of aromatic nitrogens is 3. The second kappa shape index (κ2) is 11.2. The summed E-state index contributed by atoms with van der Waals surface area (Å²) in [6.07, 6.45) is 1.96. The molecule has 2 aliphatic heterocycles. The van der Waals surface area contributed by atoms with E-state index in [9.17, 15) is 18.0 Å². The van der Waals surface area contributed by atoms with Crippen molar-refractivity contribution in [2.45, 2.75) is 38.5 Å². The van der Waals surface area contributed by atoms with Gasteiger partial charge in [-0.1, -0.05) is 0 Å². The predicted molar refractivity (Wildman–Crippen MR) is 147 cm³/mol. The molecule has 1 fully saturated rings. The summed E-state index contributed by atoms with van der Waals surface area (Å²) >= 11 is 1.50. The molecule has 0 atom stereocenters. The summed E-state index contributed by atoms with van der Waals surface area (Å²) in [5.41, 5.74) is 2.50. The van der Waals surface area contributed by atoms with Crippen molar-refractivity contribution in [3.05, 3.63) is 69.2 Å². The van der Waals surface area contributed by atoms with Crippen molar-refractivity contribution >= 4 is 34.0 Å². The molecule has 5 heterocycles. The van der Waals surface area contributed by atoms with Crippen molar-refractivity contribution in [2.24, 2.45) is 0 Å². The lowest BCUT2D eigenvalue weighted by atomic mass is 10.0. The van der Waals surface area contributed by atoms with E-state index in [2.05, 4.69) is 36.4 Å². The van der Waals surface area contributed by atoms with Crippen molar-refractivity contribution in [2.75, 3.05) is 38.1 Å². The molecule has 2 N–H and O–H groups in total. The fraction of sp³-hybridized carbons (Fsp3) is 0.393. The van der Waals surface area contributed by atoms with E-state index in [0.29, 0.717) is 25.1 Å². The fourth-order valence-corrected chi connectivity index (χ4v) is 6.47. The predicted octanol–water partition coefficient (Wildman–Crippen LogP) is 5.32. The third kappa shape index (κ3) is 5.98. The lowest BCUT2D eigenvalue weighted by molar-refractivity contribution is -0.137. The van der Waals surface area contributed by atoms with Gasteiger partial charge in [0, 0.05) is 59.8 Å².